The molecule has 4 rings (SSSR count). The Balaban J connectivity index is 1.50. The van der Waals surface area contributed by atoms with Gasteiger partial charge in [0.05, 0.1) is 16.6 Å². The van der Waals surface area contributed by atoms with Crippen LogP contribution >= 0.6 is 27.3 Å². The van der Waals surface area contributed by atoms with E-state index in [4.69, 9.17) is 9.47 Å². The number of nitrogens with zero attached hydrogens (tertiary/aromatic N) is 1. The highest BCUT2D eigenvalue weighted by molar-refractivity contribution is 9.10. The van der Waals surface area contributed by atoms with Gasteiger partial charge in [-0.15, -0.1) is 11.3 Å². The summed E-state index contributed by atoms with van der Waals surface area (Å²) in [7, 11) is 0. The molecule has 0 fully saturated rings. The summed E-state index contributed by atoms with van der Waals surface area (Å²) < 4.78 is 24.8. The standard InChI is InChI=1S/C28H24BrFN2O4S/c1-2-35-28(34)25-21-5-3-4-6-24(21)37-27(25)32-26(33)19(15-31)13-18-9-12-23(22(29)14-18)36-16-17-7-10-20(30)11-8-17/h7-14H,2-6,16H2,1H3,(H,32,33)/b19-13+. The molecule has 6 nitrogen and oxygen atoms in total. The molecule has 190 valence electrons. The Bertz CT molecular complexity index is 1390. The Morgan fingerprint density at radius 3 is 2.65 bits per heavy atom. The van der Waals surface area contributed by atoms with Crippen LogP contribution in [-0.2, 0) is 29.0 Å². The molecule has 2 aromatic carbocycles. The summed E-state index contributed by atoms with van der Waals surface area (Å²) in [6.07, 6.45) is 5.10. The van der Waals surface area contributed by atoms with Crippen molar-refractivity contribution >= 4 is 50.2 Å². The molecule has 0 saturated heterocycles. The maximum Gasteiger partial charge on any atom is 0.341 e. The lowest BCUT2D eigenvalue weighted by atomic mass is 9.95. The zero-order chi connectivity index (χ0) is 26.4. The molecule has 1 N–H and O–H groups in total. The van der Waals surface area contributed by atoms with E-state index in [9.17, 15) is 19.2 Å². The van der Waals surface area contributed by atoms with E-state index in [-0.39, 0.29) is 24.6 Å². The van der Waals surface area contributed by atoms with Crippen molar-refractivity contribution in [3.05, 3.63) is 85.5 Å². The van der Waals surface area contributed by atoms with Crippen LogP contribution in [-0.4, -0.2) is 18.5 Å². The van der Waals surface area contributed by atoms with Crippen LogP contribution in [0.15, 0.2) is 52.5 Å². The quantitative estimate of drug-likeness (QED) is 0.179. The maximum atomic E-state index is 13.1. The largest absolute Gasteiger partial charge is 0.488 e. The van der Waals surface area contributed by atoms with Gasteiger partial charge in [0.25, 0.3) is 5.91 Å². The van der Waals surface area contributed by atoms with E-state index in [1.54, 1.807) is 37.3 Å². The van der Waals surface area contributed by atoms with Gasteiger partial charge in [0.2, 0.25) is 0 Å². The molecule has 1 aromatic heterocycles. The minimum absolute atomic E-state index is 0.104. The summed E-state index contributed by atoms with van der Waals surface area (Å²) in [5.41, 5.74) is 2.67. The van der Waals surface area contributed by atoms with Crippen molar-refractivity contribution in [1.29, 1.82) is 5.26 Å². The number of esters is 1. The lowest BCUT2D eigenvalue weighted by molar-refractivity contribution is -0.112. The number of aryl methyl sites for hydroxylation is 1. The molecule has 0 unspecified atom stereocenters. The fraction of sp³-hybridized carbons (Fsp3) is 0.250. The minimum Gasteiger partial charge on any atom is -0.488 e. The van der Waals surface area contributed by atoms with Crippen molar-refractivity contribution in [3.8, 4) is 11.8 Å². The van der Waals surface area contributed by atoms with Crippen molar-refractivity contribution in [1.82, 2.24) is 0 Å². The first-order valence-corrected chi connectivity index (χ1v) is 13.4. The number of thiophene rings is 1. The summed E-state index contributed by atoms with van der Waals surface area (Å²) in [6.45, 7) is 2.23. The van der Waals surface area contributed by atoms with Gasteiger partial charge >= 0.3 is 5.97 Å². The van der Waals surface area contributed by atoms with Crippen molar-refractivity contribution in [2.45, 2.75) is 39.2 Å². The van der Waals surface area contributed by atoms with Gasteiger partial charge in [0.1, 0.15) is 34.8 Å². The average molecular weight is 583 g/mol. The van der Waals surface area contributed by atoms with Gasteiger partial charge in [-0.3, -0.25) is 4.79 Å². The normalized spacial score (nSPS) is 12.9. The number of hydrogen-bond acceptors (Lipinski definition) is 6. The molecular formula is C28H24BrFN2O4S. The highest BCUT2D eigenvalue weighted by atomic mass is 79.9. The number of benzene rings is 2. The third kappa shape index (κ3) is 6.45. The molecule has 0 saturated carbocycles. The topological polar surface area (TPSA) is 88.4 Å². The summed E-state index contributed by atoms with van der Waals surface area (Å²) in [5.74, 6) is -0.805. The molecule has 9 heteroatoms. The number of carbonyl (C=O) groups excluding carboxylic acids is 2. The van der Waals surface area contributed by atoms with Crippen LogP contribution in [0.2, 0.25) is 0 Å². The second kappa shape index (κ2) is 12.2. The van der Waals surface area contributed by atoms with E-state index < -0.39 is 11.9 Å². The number of hydrogen-bond donors (Lipinski definition) is 1. The van der Waals surface area contributed by atoms with Crippen LogP contribution in [0.4, 0.5) is 9.39 Å². The van der Waals surface area contributed by atoms with Gasteiger partial charge in [-0.2, -0.15) is 5.26 Å². The van der Waals surface area contributed by atoms with E-state index in [1.165, 1.54) is 29.5 Å². The molecule has 0 radical (unpaired) electrons. The van der Waals surface area contributed by atoms with E-state index in [2.05, 4.69) is 21.2 Å². The van der Waals surface area contributed by atoms with Crippen LogP contribution in [0.5, 0.6) is 5.75 Å². The van der Waals surface area contributed by atoms with Gasteiger partial charge in [-0.1, -0.05) is 18.2 Å². The Kier molecular flexibility index (Phi) is 8.74. The Morgan fingerprint density at radius 2 is 1.95 bits per heavy atom. The van der Waals surface area contributed by atoms with Gasteiger partial charge in [0, 0.05) is 4.88 Å². The summed E-state index contributed by atoms with van der Waals surface area (Å²) in [4.78, 5) is 26.8. The summed E-state index contributed by atoms with van der Waals surface area (Å²) >= 11 is 4.83. The number of rotatable bonds is 8. The van der Waals surface area contributed by atoms with Crippen LogP contribution in [0, 0.1) is 17.1 Å². The Hall–Kier alpha value is -3.48. The van der Waals surface area contributed by atoms with Crippen molar-refractivity contribution in [3.63, 3.8) is 0 Å². The van der Waals surface area contributed by atoms with Gasteiger partial charge < -0.3 is 14.8 Å². The van der Waals surface area contributed by atoms with Crippen LogP contribution < -0.4 is 10.1 Å². The average Bonchev–Trinajstić information content (AvgIpc) is 3.25. The van der Waals surface area contributed by atoms with Crippen LogP contribution in [0.1, 0.15) is 51.7 Å². The van der Waals surface area contributed by atoms with Crippen molar-refractivity contribution in [2.24, 2.45) is 0 Å². The highest BCUT2D eigenvalue weighted by Crippen LogP contribution is 2.39. The predicted molar refractivity (Wildman–Crippen MR) is 144 cm³/mol. The number of anilines is 1. The van der Waals surface area contributed by atoms with Crippen molar-refractivity contribution in [2.75, 3.05) is 11.9 Å². The predicted octanol–water partition coefficient (Wildman–Crippen LogP) is 6.83. The molecule has 0 bridgehead atoms. The first-order chi connectivity index (χ1) is 17.9. The molecule has 37 heavy (non-hydrogen) atoms. The number of nitrogens with one attached hydrogen (secondary N) is 1. The maximum absolute atomic E-state index is 13.1. The monoisotopic (exact) mass is 582 g/mol. The fourth-order valence-corrected chi connectivity index (χ4v) is 5.81. The van der Waals surface area contributed by atoms with Gasteiger partial charge in [-0.25, -0.2) is 9.18 Å². The van der Waals surface area contributed by atoms with Gasteiger partial charge in [0.15, 0.2) is 0 Å². The Labute approximate surface area is 226 Å². The zero-order valence-electron chi connectivity index (χ0n) is 20.1. The molecular weight excluding hydrogens is 559 g/mol. The SMILES string of the molecule is CCOC(=O)c1c(NC(=O)/C(C#N)=C/c2ccc(OCc3ccc(F)cc3)c(Br)c2)sc2c1CCCC2. The molecule has 1 aliphatic carbocycles. The summed E-state index contributed by atoms with van der Waals surface area (Å²) in [6, 6.07) is 13.2. The van der Waals surface area contributed by atoms with E-state index >= 15 is 0 Å². The zero-order valence-corrected chi connectivity index (χ0v) is 22.5. The van der Waals surface area contributed by atoms with E-state index in [0.717, 1.165) is 41.7 Å². The first kappa shape index (κ1) is 26.6. The second-order valence-electron chi connectivity index (χ2n) is 8.36. The molecule has 0 spiro atoms. The van der Waals surface area contributed by atoms with Gasteiger partial charge in [-0.05, 0) is 95.6 Å². The number of fused-ring (bicyclic) bond motifs is 1. The lowest BCUT2D eigenvalue weighted by Crippen LogP contribution is -2.16. The third-order valence-electron chi connectivity index (χ3n) is 5.82. The molecule has 0 aliphatic heterocycles. The fourth-order valence-electron chi connectivity index (χ4n) is 4.02. The highest BCUT2D eigenvalue weighted by Gasteiger charge is 2.27. The third-order valence-corrected chi connectivity index (χ3v) is 7.64. The molecule has 3 aromatic rings. The molecule has 1 aliphatic rings. The van der Waals surface area contributed by atoms with E-state index in [1.807, 2.05) is 6.07 Å². The van der Waals surface area contributed by atoms with Crippen LogP contribution in [0.25, 0.3) is 6.08 Å². The summed E-state index contributed by atoms with van der Waals surface area (Å²) in [5, 5.41) is 12.9. The first-order valence-electron chi connectivity index (χ1n) is 11.8. The molecule has 1 amide bonds. The Morgan fingerprint density at radius 1 is 1.19 bits per heavy atom. The smallest absolute Gasteiger partial charge is 0.341 e. The lowest BCUT2D eigenvalue weighted by Gasteiger charge is -2.12. The number of carbonyl (C=O) groups is 2. The van der Waals surface area contributed by atoms with E-state index in [0.29, 0.717) is 26.4 Å². The van der Waals surface area contributed by atoms with Crippen molar-refractivity contribution < 1.29 is 23.5 Å². The molecule has 0 atom stereocenters. The number of ether oxygens (including phenoxy) is 2. The number of amides is 1. The number of nitriles is 1. The second-order valence-corrected chi connectivity index (χ2v) is 10.3. The minimum atomic E-state index is -0.598. The van der Waals surface area contributed by atoms with Crippen LogP contribution in [0.3, 0.4) is 0 Å². The molecule has 1 heterocycles. The number of halogens is 2.